The second kappa shape index (κ2) is 6.14. The zero-order valence-electron chi connectivity index (χ0n) is 10.3. The molecule has 0 unspecified atom stereocenters. The van der Waals surface area contributed by atoms with Crippen LogP contribution in [0, 0.1) is 0 Å². The summed E-state index contributed by atoms with van der Waals surface area (Å²) in [4.78, 5) is 14.7. The van der Waals surface area contributed by atoms with E-state index >= 15 is 0 Å². The fraction of sp³-hybridized carbons (Fsp3) is 0.273. The number of rotatable bonds is 4. The minimum Gasteiger partial charge on any atom is -0.467 e. The largest absolute Gasteiger partial charge is 0.467 e. The van der Waals surface area contributed by atoms with Crippen molar-refractivity contribution in [3.8, 4) is 0 Å². The maximum absolute atomic E-state index is 12.3. The summed E-state index contributed by atoms with van der Waals surface area (Å²) in [5.41, 5.74) is -1.07. The third-order valence-electron chi connectivity index (χ3n) is 2.34. The zero-order chi connectivity index (χ0) is 15.5. The summed E-state index contributed by atoms with van der Waals surface area (Å²) in [6.45, 7) is -0.156. The molecule has 2 aromatic rings. The number of aliphatic hydroxyl groups excluding tert-OH is 1. The maximum atomic E-state index is 12.3. The van der Waals surface area contributed by atoms with Gasteiger partial charge in [0, 0.05) is 5.38 Å². The van der Waals surface area contributed by atoms with Crippen LogP contribution < -0.4 is 10.6 Å². The summed E-state index contributed by atoms with van der Waals surface area (Å²) in [7, 11) is 0. The van der Waals surface area contributed by atoms with Crippen LogP contribution in [-0.4, -0.2) is 22.7 Å². The molecule has 2 aromatic heterocycles. The van der Waals surface area contributed by atoms with Gasteiger partial charge in [-0.2, -0.15) is 13.2 Å². The van der Waals surface area contributed by atoms with Gasteiger partial charge in [0.15, 0.2) is 10.8 Å². The van der Waals surface area contributed by atoms with E-state index in [-0.39, 0.29) is 17.4 Å². The number of aliphatic hydroxyl groups is 1. The van der Waals surface area contributed by atoms with Crippen molar-refractivity contribution >= 4 is 22.5 Å². The number of amides is 2. The van der Waals surface area contributed by atoms with E-state index in [1.165, 1.54) is 12.3 Å². The van der Waals surface area contributed by atoms with Gasteiger partial charge in [0.25, 0.3) is 0 Å². The predicted molar refractivity (Wildman–Crippen MR) is 67.8 cm³/mol. The molecule has 10 heteroatoms. The molecule has 1 atom stereocenters. The standard InChI is InChI=1S/C11H10F3N3O3S/c12-11(13,14)8-5-21-10(16-8)17-9(19)15-4-6(18)7-2-1-3-20-7/h1-3,5-6,18H,4H2,(H2,15,16,17,19)/t6-/m1/s1. The Labute approximate surface area is 120 Å². The lowest BCUT2D eigenvalue weighted by molar-refractivity contribution is -0.140. The Balaban J connectivity index is 1.83. The van der Waals surface area contributed by atoms with Crippen molar-refractivity contribution in [2.24, 2.45) is 0 Å². The van der Waals surface area contributed by atoms with Crippen molar-refractivity contribution in [3.05, 3.63) is 35.2 Å². The lowest BCUT2D eigenvalue weighted by atomic mass is 10.3. The Hall–Kier alpha value is -2.07. The van der Waals surface area contributed by atoms with Crippen molar-refractivity contribution in [1.82, 2.24) is 10.3 Å². The number of carbonyl (C=O) groups excluding carboxylic acids is 1. The minimum atomic E-state index is -4.55. The number of hydrogen-bond acceptors (Lipinski definition) is 5. The van der Waals surface area contributed by atoms with Crippen LogP contribution in [0.4, 0.5) is 23.1 Å². The van der Waals surface area contributed by atoms with Crippen molar-refractivity contribution in [1.29, 1.82) is 0 Å². The van der Waals surface area contributed by atoms with Crippen LogP contribution in [0.25, 0.3) is 0 Å². The van der Waals surface area contributed by atoms with Crippen molar-refractivity contribution in [2.75, 3.05) is 11.9 Å². The van der Waals surface area contributed by atoms with Gasteiger partial charge in [-0.25, -0.2) is 9.78 Å². The van der Waals surface area contributed by atoms with E-state index in [9.17, 15) is 23.1 Å². The highest BCUT2D eigenvalue weighted by atomic mass is 32.1. The molecular weight excluding hydrogens is 311 g/mol. The molecule has 114 valence electrons. The number of carbonyl (C=O) groups is 1. The molecule has 0 spiro atoms. The third-order valence-corrected chi connectivity index (χ3v) is 3.10. The van der Waals surface area contributed by atoms with E-state index in [4.69, 9.17) is 4.42 Å². The Morgan fingerprint density at radius 1 is 1.52 bits per heavy atom. The van der Waals surface area contributed by atoms with Gasteiger partial charge in [0.2, 0.25) is 0 Å². The highest BCUT2D eigenvalue weighted by Gasteiger charge is 2.33. The minimum absolute atomic E-state index is 0.156. The Morgan fingerprint density at radius 2 is 2.29 bits per heavy atom. The smallest absolute Gasteiger partial charge is 0.434 e. The van der Waals surface area contributed by atoms with Crippen LogP contribution >= 0.6 is 11.3 Å². The molecule has 6 nitrogen and oxygen atoms in total. The first-order chi connectivity index (χ1) is 9.86. The number of nitrogens with zero attached hydrogens (tertiary/aromatic N) is 1. The number of halogens is 3. The number of urea groups is 1. The van der Waals surface area contributed by atoms with Gasteiger partial charge in [-0.05, 0) is 12.1 Å². The first kappa shape index (κ1) is 15.3. The fourth-order valence-electron chi connectivity index (χ4n) is 1.37. The summed E-state index contributed by atoms with van der Waals surface area (Å²) in [6, 6.07) is 2.33. The molecule has 2 heterocycles. The Morgan fingerprint density at radius 3 is 2.86 bits per heavy atom. The zero-order valence-corrected chi connectivity index (χ0v) is 11.2. The maximum Gasteiger partial charge on any atom is 0.434 e. The lowest BCUT2D eigenvalue weighted by Gasteiger charge is -2.09. The quantitative estimate of drug-likeness (QED) is 0.808. The van der Waals surface area contributed by atoms with Gasteiger partial charge >= 0.3 is 12.2 Å². The van der Waals surface area contributed by atoms with E-state index in [1.807, 2.05) is 0 Å². The molecule has 21 heavy (non-hydrogen) atoms. The first-order valence-electron chi connectivity index (χ1n) is 5.65. The Kier molecular flexibility index (Phi) is 4.48. The summed E-state index contributed by atoms with van der Waals surface area (Å²) in [6.07, 6.45) is -4.23. The van der Waals surface area contributed by atoms with E-state index in [0.717, 1.165) is 5.38 Å². The normalized spacial score (nSPS) is 13.0. The molecule has 0 radical (unpaired) electrons. The summed E-state index contributed by atoms with van der Waals surface area (Å²) >= 11 is 0.653. The van der Waals surface area contributed by atoms with E-state index in [2.05, 4.69) is 15.6 Å². The molecule has 0 aliphatic heterocycles. The van der Waals surface area contributed by atoms with Gasteiger partial charge in [-0.1, -0.05) is 0 Å². The van der Waals surface area contributed by atoms with Gasteiger partial charge in [0.1, 0.15) is 11.9 Å². The first-order valence-corrected chi connectivity index (χ1v) is 6.53. The average Bonchev–Trinajstić information content (AvgIpc) is 3.05. The number of anilines is 1. The predicted octanol–water partition coefficient (Wildman–Crippen LogP) is 2.61. The Bertz CT molecular complexity index is 597. The molecule has 2 rings (SSSR count). The van der Waals surface area contributed by atoms with Crippen LogP contribution in [0.15, 0.2) is 28.2 Å². The van der Waals surface area contributed by atoms with E-state index in [0.29, 0.717) is 11.3 Å². The van der Waals surface area contributed by atoms with Crippen molar-refractivity contribution < 1.29 is 27.5 Å². The second-order valence-electron chi connectivity index (χ2n) is 3.90. The summed E-state index contributed by atoms with van der Waals surface area (Å²) in [5, 5.41) is 14.7. The van der Waals surface area contributed by atoms with Gasteiger partial charge in [0.05, 0.1) is 12.8 Å². The number of alkyl halides is 3. The number of thiazole rings is 1. The monoisotopic (exact) mass is 321 g/mol. The van der Waals surface area contributed by atoms with E-state index in [1.54, 1.807) is 6.07 Å². The molecule has 0 fully saturated rings. The SMILES string of the molecule is O=C(NC[C@@H](O)c1ccco1)Nc1nc(C(F)(F)F)cs1. The third kappa shape index (κ3) is 4.20. The summed E-state index contributed by atoms with van der Waals surface area (Å²) < 4.78 is 41.9. The molecule has 0 bridgehead atoms. The fourth-order valence-corrected chi connectivity index (χ4v) is 2.09. The highest BCUT2D eigenvalue weighted by molar-refractivity contribution is 7.13. The molecule has 0 aromatic carbocycles. The molecule has 2 amide bonds. The lowest BCUT2D eigenvalue weighted by Crippen LogP contribution is -2.32. The van der Waals surface area contributed by atoms with Crippen molar-refractivity contribution in [3.63, 3.8) is 0 Å². The van der Waals surface area contributed by atoms with Gasteiger partial charge in [-0.15, -0.1) is 11.3 Å². The second-order valence-corrected chi connectivity index (χ2v) is 4.76. The number of aromatic nitrogens is 1. The average molecular weight is 321 g/mol. The van der Waals surface area contributed by atoms with Crippen LogP contribution in [0.5, 0.6) is 0 Å². The van der Waals surface area contributed by atoms with Crippen LogP contribution in [0.1, 0.15) is 17.6 Å². The number of furan rings is 1. The highest BCUT2D eigenvalue weighted by Crippen LogP contribution is 2.31. The molecule has 0 saturated carbocycles. The molecule has 3 N–H and O–H groups in total. The van der Waals surface area contributed by atoms with Crippen LogP contribution in [-0.2, 0) is 6.18 Å². The molecule has 0 aliphatic carbocycles. The van der Waals surface area contributed by atoms with Gasteiger partial charge in [-0.3, -0.25) is 5.32 Å². The molecular formula is C11H10F3N3O3S. The van der Waals surface area contributed by atoms with Crippen LogP contribution in [0.2, 0.25) is 0 Å². The summed E-state index contributed by atoms with van der Waals surface area (Å²) in [5.74, 6) is 0.268. The van der Waals surface area contributed by atoms with Crippen molar-refractivity contribution in [2.45, 2.75) is 12.3 Å². The number of nitrogens with one attached hydrogen (secondary N) is 2. The van der Waals surface area contributed by atoms with Crippen LogP contribution in [0.3, 0.4) is 0 Å². The molecule has 0 saturated heterocycles. The topological polar surface area (TPSA) is 87.4 Å². The number of hydrogen-bond donors (Lipinski definition) is 3. The molecule has 0 aliphatic rings. The van der Waals surface area contributed by atoms with Gasteiger partial charge < -0.3 is 14.8 Å². The van der Waals surface area contributed by atoms with E-state index < -0.39 is 24.0 Å².